The number of urea groups is 1. The van der Waals surface area contributed by atoms with Crippen LogP contribution in [-0.2, 0) is 0 Å². The summed E-state index contributed by atoms with van der Waals surface area (Å²) in [5.74, 6) is 0.649. The summed E-state index contributed by atoms with van der Waals surface area (Å²) in [7, 11) is 1.55. The first-order chi connectivity index (χ1) is 9.51. The zero-order chi connectivity index (χ0) is 15.0. The first kappa shape index (κ1) is 16.3. The highest BCUT2D eigenvalue weighted by molar-refractivity contribution is 5.88. The summed E-state index contributed by atoms with van der Waals surface area (Å²) < 4.78 is 5.47. The van der Waals surface area contributed by atoms with Gasteiger partial charge < -0.3 is 25.8 Å². The van der Waals surface area contributed by atoms with E-state index in [1.54, 1.807) is 31.3 Å². The van der Waals surface area contributed by atoms with Gasteiger partial charge in [-0.3, -0.25) is 0 Å². The molecule has 6 heteroatoms. The second-order valence-corrected chi connectivity index (χ2v) is 4.76. The third-order valence-electron chi connectivity index (χ3n) is 2.54. The minimum atomic E-state index is -0.555. The number of rotatable bonds is 7. The van der Waals surface area contributed by atoms with E-state index in [1.165, 1.54) is 0 Å². The molecule has 0 unspecified atom stereocenters. The Hall–Kier alpha value is -1.79. The van der Waals surface area contributed by atoms with Gasteiger partial charge in [-0.2, -0.15) is 0 Å². The molecular weight excluding hydrogens is 258 g/mol. The molecule has 20 heavy (non-hydrogen) atoms. The highest BCUT2D eigenvalue weighted by atomic mass is 16.5. The number of hydrogen-bond donors (Lipinski definition) is 4. The summed E-state index contributed by atoms with van der Waals surface area (Å²) in [6, 6.07) is 7.03. The average molecular weight is 281 g/mol. The number of amides is 2. The van der Waals surface area contributed by atoms with Crippen LogP contribution in [0.1, 0.15) is 13.8 Å². The molecule has 2 amide bonds. The average Bonchev–Trinajstić information content (AvgIpc) is 2.44. The first-order valence-electron chi connectivity index (χ1n) is 6.64. The Bertz CT molecular complexity index is 407. The first-order valence-corrected chi connectivity index (χ1v) is 6.64. The van der Waals surface area contributed by atoms with Gasteiger partial charge in [-0.1, -0.05) is 13.8 Å². The number of anilines is 1. The van der Waals surface area contributed by atoms with E-state index in [1.807, 2.05) is 13.8 Å². The van der Waals surface area contributed by atoms with E-state index in [0.29, 0.717) is 24.0 Å². The molecule has 0 spiro atoms. The highest BCUT2D eigenvalue weighted by Crippen LogP contribution is 2.15. The van der Waals surface area contributed by atoms with E-state index in [2.05, 4.69) is 16.0 Å². The van der Waals surface area contributed by atoms with Crippen molar-refractivity contribution in [3.63, 3.8) is 0 Å². The molecule has 0 saturated carbocycles. The largest absolute Gasteiger partial charge is 0.491 e. The second kappa shape index (κ2) is 8.39. The molecule has 0 aliphatic rings. The van der Waals surface area contributed by atoms with Crippen LogP contribution in [-0.4, -0.2) is 43.5 Å². The quantitative estimate of drug-likeness (QED) is 0.605. The number of hydrogen-bond acceptors (Lipinski definition) is 4. The lowest BCUT2D eigenvalue weighted by molar-refractivity contribution is 0.104. The lowest BCUT2D eigenvalue weighted by atomic mass is 10.3. The lowest BCUT2D eigenvalue weighted by Gasteiger charge is -2.15. The number of aliphatic hydroxyl groups is 1. The maximum Gasteiger partial charge on any atom is 0.318 e. The summed E-state index contributed by atoms with van der Waals surface area (Å²) in [5, 5.41) is 18.0. The molecule has 0 saturated heterocycles. The fourth-order valence-corrected chi connectivity index (χ4v) is 1.45. The van der Waals surface area contributed by atoms with E-state index in [9.17, 15) is 9.90 Å². The van der Waals surface area contributed by atoms with Gasteiger partial charge in [0.2, 0.25) is 0 Å². The smallest absolute Gasteiger partial charge is 0.318 e. The number of ether oxygens (including phenoxy) is 1. The molecular formula is C14H23N3O3. The summed E-state index contributed by atoms with van der Waals surface area (Å²) in [6.07, 6.45) is -0.555. The van der Waals surface area contributed by atoms with Crippen LogP contribution in [0.25, 0.3) is 0 Å². The molecule has 0 radical (unpaired) electrons. The van der Waals surface area contributed by atoms with Gasteiger partial charge in [0.1, 0.15) is 18.5 Å². The maximum atomic E-state index is 11.1. The monoisotopic (exact) mass is 281 g/mol. The molecule has 112 valence electrons. The molecule has 1 aromatic carbocycles. The molecule has 4 N–H and O–H groups in total. The van der Waals surface area contributed by atoms with E-state index in [-0.39, 0.29) is 12.6 Å². The van der Waals surface area contributed by atoms with Crippen molar-refractivity contribution in [1.82, 2.24) is 10.6 Å². The zero-order valence-corrected chi connectivity index (χ0v) is 12.1. The van der Waals surface area contributed by atoms with Crippen LogP contribution in [0.3, 0.4) is 0 Å². The van der Waals surface area contributed by atoms with Crippen LogP contribution in [0, 0.1) is 0 Å². The van der Waals surface area contributed by atoms with E-state index >= 15 is 0 Å². The van der Waals surface area contributed by atoms with Gasteiger partial charge in [-0.05, 0) is 24.3 Å². The lowest BCUT2D eigenvalue weighted by Crippen LogP contribution is -2.35. The third kappa shape index (κ3) is 6.40. The van der Waals surface area contributed by atoms with Crippen molar-refractivity contribution in [2.45, 2.75) is 26.0 Å². The minimum absolute atomic E-state index is 0.224. The third-order valence-corrected chi connectivity index (χ3v) is 2.54. The predicted octanol–water partition coefficient (Wildman–Crippen LogP) is 1.18. The molecule has 0 bridgehead atoms. The van der Waals surface area contributed by atoms with E-state index < -0.39 is 6.10 Å². The van der Waals surface area contributed by atoms with Gasteiger partial charge in [-0.25, -0.2) is 4.79 Å². The van der Waals surface area contributed by atoms with Crippen molar-refractivity contribution < 1.29 is 14.6 Å². The van der Waals surface area contributed by atoms with Crippen LogP contribution in [0.5, 0.6) is 5.75 Å². The van der Waals surface area contributed by atoms with Crippen LogP contribution >= 0.6 is 0 Å². The molecule has 0 fully saturated rings. The minimum Gasteiger partial charge on any atom is -0.491 e. The molecule has 0 aliphatic heterocycles. The van der Waals surface area contributed by atoms with E-state index in [0.717, 1.165) is 0 Å². The van der Waals surface area contributed by atoms with Crippen molar-refractivity contribution in [2.75, 3.05) is 25.5 Å². The fraction of sp³-hybridized carbons (Fsp3) is 0.500. The van der Waals surface area contributed by atoms with E-state index in [4.69, 9.17) is 4.74 Å². The zero-order valence-electron chi connectivity index (χ0n) is 12.1. The van der Waals surface area contributed by atoms with Gasteiger partial charge in [0.25, 0.3) is 0 Å². The predicted molar refractivity (Wildman–Crippen MR) is 79.2 cm³/mol. The molecule has 0 heterocycles. The number of benzene rings is 1. The summed E-state index contributed by atoms with van der Waals surface area (Å²) >= 11 is 0. The topological polar surface area (TPSA) is 82.6 Å². The van der Waals surface area contributed by atoms with Crippen LogP contribution < -0.4 is 20.7 Å². The number of nitrogens with one attached hydrogen (secondary N) is 3. The van der Waals surface area contributed by atoms with Crippen molar-refractivity contribution in [1.29, 1.82) is 0 Å². The summed E-state index contributed by atoms with van der Waals surface area (Å²) in [4.78, 5) is 11.1. The van der Waals surface area contributed by atoms with Crippen molar-refractivity contribution in [3.8, 4) is 5.75 Å². The van der Waals surface area contributed by atoms with Crippen molar-refractivity contribution in [3.05, 3.63) is 24.3 Å². The number of carbonyl (C=O) groups excluding carboxylic acids is 1. The maximum absolute atomic E-state index is 11.1. The molecule has 0 aliphatic carbocycles. The van der Waals surface area contributed by atoms with Crippen LogP contribution in [0.15, 0.2) is 24.3 Å². The van der Waals surface area contributed by atoms with Gasteiger partial charge in [0, 0.05) is 25.3 Å². The molecule has 1 atom stereocenters. The number of carbonyl (C=O) groups is 1. The normalized spacial score (nSPS) is 12.1. The molecule has 6 nitrogen and oxygen atoms in total. The van der Waals surface area contributed by atoms with Crippen LogP contribution in [0.4, 0.5) is 10.5 Å². The summed E-state index contributed by atoms with van der Waals surface area (Å²) in [6.45, 7) is 4.76. The highest BCUT2D eigenvalue weighted by Gasteiger charge is 2.06. The van der Waals surface area contributed by atoms with Gasteiger partial charge in [0.05, 0.1) is 0 Å². The Balaban J connectivity index is 2.36. The Morgan fingerprint density at radius 2 is 1.95 bits per heavy atom. The Kier molecular flexibility index (Phi) is 6.83. The van der Waals surface area contributed by atoms with Gasteiger partial charge >= 0.3 is 6.03 Å². The second-order valence-electron chi connectivity index (χ2n) is 4.76. The molecule has 1 aromatic rings. The van der Waals surface area contributed by atoms with Crippen LogP contribution in [0.2, 0.25) is 0 Å². The fourth-order valence-electron chi connectivity index (χ4n) is 1.45. The Morgan fingerprint density at radius 1 is 1.30 bits per heavy atom. The Labute approximate surface area is 119 Å². The number of aliphatic hydroxyl groups excluding tert-OH is 1. The standard InChI is InChI=1S/C14H23N3O3/c1-10(2)16-8-12(18)9-20-13-6-4-11(5-7-13)17-14(19)15-3/h4-7,10,12,16,18H,8-9H2,1-3H3,(H2,15,17,19)/t12-/m1/s1. The van der Waals surface area contributed by atoms with Gasteiger partial charge in [0.15, 0.2) is 0 Å². The SMILES string of the molecule is CNC(=O)Nc1ccc(OC[C@H](O)CNC(C)C)cc1. The van der Waals surface area contributed by atoms with Crippen molar-refractivity contribution in [2.24, 2.45) is 0 Å². The molecule has 1 rings (SSSR count). The Morgan fingerprint density at radius 3 is 2.50 bits per heavy atom. The van der Waals surface area contributed by atoms with Gasteiger partial charge in [-0.15, -0.1) is 0 Å². The van der Waals surface area contributed by atoms with Crippen molar-refractivity contribution >= 4 is 11.7 Å². The molecule has 0 aromatic heterocycles. The summed E-state index contributed by atoms with van der Waals surface area (Å²) in [5.41, 5.74) is 0.679.